The highest BCUT2D eigenvalue weighted by atomic mass is 35.5. The molecule has 0 bridgehead atoms. The molecule has 286 valence electrons. The third-order valence-electron chi connectivity index (χ3n) is 10.8. The van der Waals surface area contributed by atoms with Crippen LogP contribution < -0.4 is 20.7 Å². The Labute approximate surface area is 320 Å². The second kappa shape index (κ2) is 16.5. The summed E-state index contributed by atoms with van der Waals surface area (Å²) < 4.78 is 5.08. The van der Waals surface area contributed by atoms with Crippen molar-refractivity contribution in [3.8, 4) is 5.75 Å². The SMILES string of the molecule is CCC(C)(C)c1ccc(OCCCCNC2NC(=O)[N+](Cc3ccccc3)(C(Cl)(C(=O)Nc3ccccc3)C(=O)C(C)(C)C)C2=O)c(C(C)(C)CC)c1. The Bertz CT molecular complexity index is 1770. The maximum Gasteiger partial charge on any atom is 0.428 e. The van der Waals surface area contributed by atoms with Crippen LogP contribution in [0.4, 0.5) is 10.5 Å². The number of imide groups is 1. The van der Waals surface area contributed by atoms with Crippen molar-refractivity contribution >= 4 is 40.9 Å². The first kappa shape index (κ1) is 41.7. The van der Waals surface area contributed by atoms with Gasteiger partial charge in [-0.2, -0.15) is 0 Å². The number of halogens is 1. The van der Waals surface area contributed by atoms with Crippen LogP contribution in [-0.2, 0) is 31.8 Å². The van der Waals surface area contributed by atoms with E-state index in [1.54, 1.807) is 81.4 Å². The maximum atomic E-state index is 14.6. The number of quaternary nitrogens is 1. The van der Waals surface area contributed by atoms with Crippen molar-refractivity contribution in [1.29, 1.82) is 0 Å². The molecule has 1 saturated heterocycles. The number of para-hydroxylation sites is 1. The molecule has 0 radical (unpaired) electrons. The van der Waals surface area contributed by atoms with Crippen LogP contribution in [0.25, 0.3) is 0 Å². The molecule has 3 atom stereocenters. The number of unbranched alkanes of at least 4 members (excludes halogenated alkanes) is 1. The first-order chi connectivity index (χ1) is 24.8. The predicted octanol–water partition coefficient (Wildman–Crippen LogP) is 8.59. The van der Waals surface area contributed by atoms with Gasteiger partial charge in [0.1, 0.15) is 12.3 Å². The molecular weight excluding hydrogens is 688 g/mol. The van der Waals surface area contributed by atoms with E-state index in [1.165, 1.54) is 11.1 Å². The molecule has 1 fully saturated rings. The third-order valence-corrected chi connectivity index (χ3v) is 11.4. The van der Waals surface area contributed by atoms with Crippen molar-refractivity contribution in [1.82, 2.24) is 10.6 Å². The van der Waals surface area contributed by atoms with E-state index in [1.807, 2.05) is 0 Å². The van der Waals surface area contributed by atoms with E-state index < -0.39 is 44.7 Å². The Morgan fingerprint density at radius 1 is 0.830 bits per heavy atom. The molecule has 3 unspecified atom stereocenters. The largest absolute Gasteiger partial charge is 0.493 e. The number of ether oxygens (including phenoxy) is 1. The summed E-state index contributed by atoms with van der Waals surface area (Å²) in [5.74, 6) is -1.56. The zero-order valence-corrected chi connectivity index (χ0v) is 33.7. The van der Waals surface area contributed by atoms with Gasteiger partial charge in [-0.05, 0) is 78.4 Å². The minimum absolute atomic E-state index is 0.0577. The Hall–Kier alpha value is -4.05. The molecule has 1 heterocycles. The van der Waals surface area contributed by atoms with Crippen LogP contribution in [0.15, 0.2) is 78.9 Å². The molecule has 10 heteroatoms. The fourth-order valence-electron chi connectivity index (χ4n) is 6.50. The predicted molar refractivity (Wildman–Crippen MR) is 212 cm³/mol. The Morgan fingerprint density at radius 2 is 1.43 bits per heavy atom. The molecule has 4 rings (SSSR count). The van der Waals surface area contributed by atoms with E-state index in [0.29, 0.717) is 37.2 Å². The lowest BCUT2D eigenvalue weighted by Gasteiger charge is -2.41. The summed E-state index contributed by atoms with van der Waals surface area (Å²) in [6, 6.07) is 23.0. The summed E-state index contributed by atoms with van der Waals surface area (Å²) in [5, 5.41) is 8.61. The summed E-state index contributed by atoms with van der Waals surface area (Å²) in [6.45, 7) is 18.7. The zero-order valence-electron chi connectivity index (χ0n) is 32.9. The smallest absolute Gasteiger partial charge is 0.428 e. The number of ketones is 1. The van der Waals surface area contributed by atoms with Gasteiger partial charge >= 0.3 is 22.8 Å². The molecule has 0 saturated carbocycles. The van der Waals surface area contributed by atoms with E-state index in [4.69, 9.17) is 16.3 Å². The molecule has 0 aliphatic carbocycles. The van der Waals surface area contributed by atoms with E-state index in [-0.39, 0.29) is 17.4 Å². The lowest BCUT2D eigenvalue weighted by Crippen LogP contribution is -2.74. The number of carbonyl (C=O) groups is 4. The number of alkyl halides is 1. The van der Waals surface area contributed by atoms with Crippen LogP contribution in [0.1, 0.15) is 105 Å². The second-order valence-electron chi connectivity index (χ2n) is 16.4. The summed E-state index contributed by atoms with van der Waals surface area (Å²) in [4.78, 5) is 54.9. The van der Waals surface area contributed by atoms with Gasteiger partial charge in [0.2, 0.25) is 11.9 Å². The van der Waals surface area contributed by atoms with Crippen LogP contribution in [0.3, 0.4) is 0 Å². The van der Waals surface area contributed by atoms with E-state index >= 15 is 0 Å². The summed E-state index contributed by atoms with van der Waals surface area (Å²) in [7, 11) is 0. The number of anilines is 1. The van der Waals surface area contributed by atoms with Crippen LogP contribution in [0.2, 0.25) is 0 Å². The highest BCUT2D eigenvalue weighted by Gasteiger charge is 2.74. The summed E-state index contributed by atoms with van der Waals surface area (Å²) in [5.41, 5.74) is 2.22. The number of benzene rings is 3. The van der Waals surface area contributed by atoms with Gasteiger partial charge in [-0.15, -0.1) is 4.48 Å². The minimum atomic E-state index is -2.64. The third kappa shape index (κ3) is 8.69. The van der Waals surface area contributed by atoms with Crippen molar-refractivity contribution < 1.29 is 28.4 Å². The highest BCUT2D eigenvalue weighted by Crippen LogP contribution is 2.43. The van der Waals surface area contributed by atoms with Gasteiger partial charge in [-0.3, -0.25) is 20.2 Å². The topological polar surface area (TPSA) is 114 Å². The monoisotopic (exact) mass is 745 g/mol. The molecule has 9 nitrogen and oxygen atoms in total. The number of carbonyl (C=O) groups excluding carboxylic acids is 4. The summed E-state index contributed by atoms with van der Waals surface area (Å²) >= 11 is 7.29. The molecular formula is C43H58ClN4O5+. The Kier molecular flexibility index (Phi) is 13.0. The average molecular weight is 746 g/mol. The van der Waals surface area contributed by atoms with Gasteiger partial charge in [0.15, 0.2) is 0 Å². The lowest BCUT2D eigenvalue weighted by molar-refractivity contribution is -0.801. The number of urea groups is 1. The van der Waals surface area contributed by atoms with Crippen LogP contribution in [0, 0.1) is 5.41 Å². The van der Waals surface area contributed by atoms with Crippen molar-refractivity contribution in [3.63, 3.8) is 0 Å². The Balaban J connectivity index is 1.55. The standard InChI is InChI=1S/C43H57ClN4O5/c1-10-41(6,7)31-24-25-34(33(28-31)42(8,9)11-2)53-27-19-18-26-45-35-36(49)48(39(52)47-35,29-30-20-14-12-15-21-30)43(44,37(50)40(3,4)5)38(51)46-32-22-16-13-17-23-32/h12-17,20-25,28,35,45H,10-11,18-19,26-27,29H2,1-9H3,(H-,46,47,51,52)/p+1. The van der Waals surface area contributed by atoms with Gasteiger partial charge in [-0.25, -0.2) is 9.59 Å². The molecule has 3 N–H and O–H groups in total. The van der Waals surface area contributed by atoms with Crippen molar-refractivity contribution in [2.24, 2.45) is 5.41 Å². The van der Waals surface area contributed by atoms with Gasteiger partial charge in [0, 0.05) is 22.2 Å². The zero-order chi connectivity index (χ0) is 39.2. The maximum absolute atomic E-state index is 14.6. The number of nitrogens with zero attached hydrogens (tertiary/aromatic N) is 1. The number of nitrogens with one attached hydrogen (secondary N) is 3. The first-order valence-corrected chi connectivity index (χ1v) is 19.1. The average Bonchev–Trinajstić information content (AvgIpc) is 3.37. The highest BCUT2D eigenvalue weighted by molar-refractivity contribution is 6.48. The fourth-order valence-corrected chi connectivity index (χ4v) is 7.05. The minimum Gasteiger partial charge on any atom is -0.493 e. The Morgan fingerprint density at radius 3 is 2.02 bits per heavy atom. The van der Waals surface area contributed by atoms with Crippen molar-refractivity contribution in [3.05, 3.63) is 95.6 Å². The van der Waals surface area contributed by atoms with Crippen LogP contribution >= 0.6 is 11.6 Å². The summed E-state index contributed by atoms with van der Waals surface area (Å²) in [6.07, 6.45) is 2.12. The normalized spacial score (nSPS) is 19.0. The molecule has 3 aromatic rings. The first-order valence-electron chi connectivity index (χ1n) is 18.7. The molecule has 1 aliphatic rings. The van der Waals surface area contributed by atoms with Crippen LogP contribution in [-0.4, -0.2) is 52.4 Å². The molecule has 53 heavy (non-hydrogen) atoms. The number of hydrogen-bond donors (Lipinski definition) is 3. The van der Waals surface area contributed by atoms with Gasteiger partial charge < -0.3 is 10.1 Å². The quantitative estimate of drug-likeness (QED) is 0.0319. The van der Waals surface area contributed by atoms with Gasteiger partial charge in [-0.1, -0.05) is 123 Å². The molecule has 3 aromatic carbocycles. The van der Waals surface area contributed by atoms with E-state index in [2.05, 4.69) is 75.7 Å². The molecule has 0 aromatic heterocycles. The van der Waals surface area contributed by atoms with Gasteiger partial charge in [0.25, 0.3) is 0 Å². The number of amides is 4. The number of hydrogen-bond acceptors (Lipinski definition) is 6. The fraction of sp³-hybridized carbons (Fsp3) is 0.488. The molecule has 4 amide bonds. The number of Topliss-reactive ketones (excluding diaryl/α,β-unsaturated/α-hetero) is 1. The van der Waals surface area contributed by atoms with Gasteiger partial charge in [0.05, 0.1) is 6.61 Å². The van der Waals surface area contributed by atoms with Crippen molar-refractivity contribution in [2.75, 3.05) is 18.5 Å². The van der Waals surface area contributed by atoms with Crippen LogP contribution in [0.5, 0.6) is 5.75 Å². The van der Waals surface area contributed by atoms with Crippen molar-refractivity contribution in [2.45, 2.75) is 117 Å². The van der Waals surface area contributed by atoms with E-state index in [0.717, 1.165) is 18.6 Å². The molecule has 1 aliphatic heterocycles. The second-order valence-corrected chi connectivity index (χ2v) is 16.9. The molecule has 0 spiro atoms. The van der Waals surface area contributed by atoms with E-state index in [9.17, 15) is 19.2 Å². The lowest BCUT2D eigenvalue weighted by atomic mass is 9.76. The number of rotatable bonds is 17.